The van der Waals surface area contributed by atoms with E-state index in [4.69, 9.17) is 5.11 Å². The van der Waals surface area contributed by atoms with E-state index in [2.05, 4.69) is 64.2 Å². The predicted molar refractivity (Wildman–Crippen MR) is 77.7 cm³/mol. The normalized spacial score (nSPS) is 15.4. The Morgan fingerprint density at radius 1 is 1.11 bits per heavy atom. The van der Waals surface area contributed by atoms with Crippen molar-refractivity contribution in [2.75, 3.05) is 6.61 Å². The number of hydrogen-bond acceptors (Lipinski definition) is 2. The molecular weight excluding hydrogens is 222 g/mol. The van der Waals surface area contributed by atoms with Crippen LogP contribution < -0.4 is 5.32 Å². The molecule has 2 heteroatoms. The van der Waals surface area contributed by atoms with Crippen LogP contribution >= 0.6 is 0 Å². The first kappa shape index (κ1) is 15.2. The van der Waals surface area contributed by atoms with Crippen molar-refractivity contribution in [1.82, 2.24) is 5.32 Å². The van der Waals surface area contributed by atoms with Crippen molar-refractivity contribution in [2.24, 2.45) is 5.92 Å². The van der Waals surface area contributed by atoms with Crippen LogP contribution in [0.3, 0.4) is 0 Å². The Morgan fingerprint density at radius 2 is 1.67 bits per heavy atom. The lowest BCUT2D eigenvalue weighted by Crippen LogP contribution is -2.33. The molecule has 0 aliphatic heterocycles. The topological polar surface area (TPSA) is 32.3 Å². The van der Waals surface area contributed by atoms with Gasteiger partial charge in [0, 0.05) is 19.2 Å². The summed E-state index contributed by atoms with van der Waals surface area (Å²) in [7, 11) is 0. The van der Waals surface area contributed by atoms with Crippen LogP contribution in [0.2, 0.25) is 0 Å². The summed E-state index contributed by atoms with van der Waals surface area (Å²) in [5.41, 5.74) is 2.87. The molecule has 2 atom stereocenters. The summed E-state index contributed by atoms with van der Waals surface area (Å²) in [6.45, 7) is 11.9. The first-order valence-electron chi connectivity index (χ1n) is 6.78. The van der Waals surface area contributed by atoms with Gasteiger partial charge in [-0.2, -0.15) is 0 Å². The third-order valence-corrected chi connectivity index (χ3v) is 3.59. The van der Waals surface area contributed by atoms with E-state index in [1.165, 1.54) is 11.1 Å². The van der Waals surface area contributed by atoms with Gasteiger partial charge in [0.2, 0.25) is 0 Å². The molecule has 1 aromatic carbocycles. The second kappa shape index (κ2) is 6.35. The minimum Gasteiger partial charge on any atom is -0.396 e. The molecule has 0 saturated heterocycles. The third-order valence-electron chi connectivity index (χ3n) is 3.59. The molecule has 18 heavy (non-hydrogen) atoms. The van der Waals surface area contributed by atoms with Crippen LogP contribution in [0.15, 0.2) is 24.3 Å². The van der Waals surface area contributed by atoms with Crippen molar-refractivity contribution in [3.05, 3.63) is 35.4 Å². The summed E-state index contributed by atoms with van der Waals surface area (Å²) in [5.74, 6) is 0.291. The highest BCUT2D eigenvalue weighted by Gasteiger charge is 2.13. The number of aliphatic hydroxyl groups excluding tert-OH is 1. The minimum absolute atomic E-state index is 0.213. The molecule has 102 valence electrons. The molecule has 2 unspecified atom stereocenters. The SMILES string of the molecule is CC(CO)C(C)NCc1ccc(C(C)(C)C)cc1. The van der Waals surface area contributed by atoms with Gasteiger partial charge in [0.15, 0.2) is 0 Å². The number of nitrogens with one attached hydrogen (secondary N) is 1. The van der Waals surface area contributed by atoms with E-state index >= 15 is 0 Å². The number of rotatable bonds is 5. The predicted octanol–water partition coefficient (Wildman–Crippen LogP) is 3.09. The molecule has 0 aliphatic rings. The van der Waals surface area contributed by atoms with Gasteiger partial charge in [-0.1, -0.05) is 52.0 Å². The monoisotopic (exact) mass is 249 g/mol. The standard InChI is InChI=1S/C16H27NO/c1-12(11-18)13(2)17-10-14-6-8-15(9-7-14)16(3,4)5/h6-9,12-13,17-18H,10-11H2,1-5H3. The third kappa shape index (κ3) is 4.43. The van der Waals surface area contributed by atoms with E-state index in [9.17, 15) is 0 Å². The molecule has 1 rings (SSSR count). The van der Waals surface area contributed by atoms with Gasteiger partial charge in [0.05, 0.1) is 0 Å². The average molecular weight is 249 g/mol. The molecular formula is C16H27NO. The maximum absolute atomic E-state index is 9.09. The Hall–Kier alpha value is -0.860. The first-order chi connectivity index (χ1) is 8.34. The van der Waals surface area contributed by atoms with Gasteiger partial charge in [-0.05, 0) is 29.4 Å². The molecule has 0 amide bonds. The lowest BCUT2D eigenvalue weighted by atomic mass is 9.87. The van der Waals surface area contributed by atoms with Crippen molar-refractivity contribution in [3.8, 4) is 0 Å². The van der Waals surface area contributed by atoms with Crippen molar-refractivity contribution in [1.29, 1.82) is 0 Å². The van der Waals surface area contributed by atoms with E-state index in [-0.39, 0.29) is 12.0 Å². The van der Waals surface area contributed by atoms with Gasteiger partial charge in [-0.25, -0.2) is 0 Å². The number of hydrogen-bond donors (Lipinski definition) is 2. The largest absolute Gasteiger partial charge is 0.396 e. The first-order valence-corrected chi connectivity index (χ1v) is 6.78. The summed E-state index contributed by atoms with van der Waals surface area (Å²) in [6, 6.07) is 9.11. The van der Waals surface area contributed by atoms with Gasteiger partial charge in [0.1, 0.15) is 0 Å². The van der Waals surface area contributed by atoms with Crippen molar-refractivity contribution < 1.29 is 5.11 Å². The molecule has 0 spiro atoms. The fraction of sp³-hybridized carbons (Fsp3) is 0.625. The average Bonchev–Trinajstić information content (AvgIpc) is 2.34. The van der Waals surface area contributed by atoms with E-state index in [0.717, 1.165) is 6.54 Å². The molecule has 0 radical (unpaired) electrons. The Kier molecular flexibility index (Phi) is 5.36. The summed E-state index contributed by atoms with van der Waals surface area (Å²) < 4.78 is 0. The Bertz CT molecular complexity index is 350. The van der Waals surface area contributed by atoms with E-state index in [0.29, 0.717) is 12.0 Å². The van der Waals surface area contributed by atoms with E-state index in [1.54, 1.807) is 0 Å². The zero-order valence-corrected chi connectivity index (χ0v) is 12.3. The lowest BCUT2D eigenvalue weighted by Gasteiger charge is -2.21. The van der Waals surface area contributed by atoms with Crippen LogP contribution in [0.5, 0.6) is 0 Å². The van der Waals surface area contributed by atoms with Crippen molar-refractivity contribution in [2.45, 2.75) is 52.6 Å². The minimum atomic E-state index is 0.213. The number of aliphatic hydroxyl groups is 1. The molecule has 0 saturated carbocycles. The fourth-order valence-electron chi connectivity index (χ4n) is 1.76. The van der Waals surface area contributed by atoms with Gasteiger partial charge < -0.3 is 10.4 Å². The van der Waals surface area contributed by atoms with Crippen LogP contribution in [0, 0.1) is 5.92 Å². The molecule has 0 aliphatic carbocycles. The van der Waals surface area contributed by atoms with E-state index in [1.807, 2.05) is 0 Å². The zero-order chi connectivity index (χ0) is 13.8. The Labute approximate surface area is 111 Å². The quantitative estimate of drug-likeness (QED) is 0.840. The maximum Gasteiger partial charge on any atom is 0.0471 e. The Balaban J connectivity index is 2.54. The van der Waals surface area contributed by atoms with E-state index < -0.39 is 0 Å². The van der Waals surface area contributed by atoms with Gasteiger partial charge >= 0.3 is 0 Å². The fourth-order valence-corrected chi connectivity index (χ4v) is 1.76. The molecule has 0 heterocycles. The van der Waals surface area contributed by atoms with Gasteiger partial charge in [-0.15, -0.1) is 0 Å². The summed E-state index contributed by atoms with van der Waals surface area (Å²) in [4.78, 5) is 0. The van der Waals surface area contributed by atoms with Crippen LogP contribution in [0.1, 0.15) is 45.7 Å². The maximum atomic E-state index is 9.09. The zero-order valence-electron chi connectivity index (χ0n) is 12.3. The highest BCUT2D eigenvalue weighted by atomic mass is 16.3. The molecule has 2 nitrogen and oxygen atoms in total. The highest BCUT2D eigenvalue weighted by Crippen LogP contribution is 2.22. The number of benzene rings is 1. The lowest BCUT2D eigenvalue weighted by molar-refractivity contribution is 0.207. The second-order valence-corrected chi connectivity index (χ2v) is 6.28. The van der Waals surface area contributed by atoms with Crippen molar-refractivity contribution in [3.63, 3.8) is 0 Å². The van der Waals surface area contributed by atoms with Crippen LogP contribution in [-0.4, -0.2) is 17.8 Å². The van der Waals surface area contributed by atoms with Gasteiger partial charge in [0.25, 0.3) is 0 Å². The summed E-state index contributed by atoms with van der Waals surface area (Å²) in [5, 5.41) is 12.5. The Morgan fingerprint density at radius 3 is 2.11 bits per heavy atom. The van der Waals surface area contributed by atoms with Gasteiger partial charge in [-0.3, -0.25) is 0 Å². The van der Waals surface area contributed by atoms with Crippen LogP contribution in [0.25, 0.3) is 0 Å². The van der Waals surface area contributed by atoms with Crippen LogP contribution in [0.4, 0.5) is 0 Å². The molecule has 0 aromatic heterocycles. The van der Waals surface area contributed by atoms with Crippen LogP contribution in [-0.2, 0) is 12.0 Å². The summed E-state index contributed by atoms with van der Waals surface area (Å²) in [6.07, 6.45) is 0. The molecule has 1 aromatic rings. The highest BCUT2D eigenvalue weighted by molar-refractivity contribution is 5.27. The smallest absolute Gasteiger partial charge is 0.0471 e. The molecule has 0 bridgehead atoms. The second-order valence-electron chi connectivity index (χ2n) is 6.28. The molecule has 0 fully saturated rings. The summed E-state index contributed by atoms with van der Waals surface area (Å²) >= 11 is 0. The van der Waals surface area contributed by atoms with Crippen molar-refractivity contribution >= 4 is 0 Å². The molecule has 2 N–H and O–H groups in total.